The Kier molecular flexibility index (Phi) is 8.05. The van der Waals surface area contributed by atoms with E-state index in [1.54, 1.807) is 0 Å². The number of para-hydroxylation sites is 1. The van der Waals surface area contributed by atoms with Crippen molar-refractivity contribution in [1.82, 2.24) is 9.80 Å². The van der Waals surface area contributed by atoms with Crippen molar-refractivity contribution in [2.75, 3.05) is 27.2 Å². The van der Waals surface area contributed by atoms with Gasteiger partial charge in [0.1, 0.15) is 11.9 Å². The second-order valence-electron chi connectivity index (χ2n) is 6.49. The number of carbonyl (C=O) groups is 3. The van der Waals surface area contributed by atoms with E-state index in [1.165, 1.54) is 0 Å². The van der Waals surface area contributed by atoms with Crippen LogP contribution in [0.25, 0.3) is 0 Å². The van der Waals surface area contributed by atoms with Gasteiger partial charge in [-0.3, -0.25) is 4.79 Å². The highest BCUT2D eigenvalue weighted by molar-refractivity contribution is 6.27. The first kappa shape index (κ1) is 21.4. The summed E-state index contributed by atoms with van der Waals surface area (Å²) in [5.74, 6) is -2.86. The van der Waals surface area contributed by atoms with Crippen LogP contribution in [0.4, 0.5) is 0 Å². The van der Waals surface area contributed by atoms with Crippen LogP contribution in [0.2, 0.25) is 0 Å². The molecule has 1 unspecified atom stereocenters. The molecule has 0 aliphatic carbocycles. The third-order valence-corrected chi connectivity index (χ3v) is 3.78. The van der Waals surface area contributed by atoms with E-state index in [0.29, 0.717) is 17.9 Å². The van der Waals surface area contributed by atoms with Crippen molar-refractivity contribution in [3.05, 3.63) is 29.8 Å². The summed E-state index contributed by atoms with van der Waals surface area (Å²) in [7, 11) is 4.10. The van der Waals surface area contributed by atoms with E-state index in [-0.39, 0.29) is 18.1 Å². The molecule has 0 saturated heterocycles. The van der Waals surface area contributed by atoms with Gasteiger partial charge < -0.3 is 24.7 Å². The molecule has 1 heterocycles. The summed E-state index contributed by atoms with van der Waals surface area (Å²) in [5, 5.41) is 14.8. The normalized spacial score (nSPS) is 16.3. The van der Waals surface area contributed by atoms with Gasteiger partial charge in [0.2, 0.25) is 0 Å². The van der Waals surface area contributed by atoms with E-state index in [4.69, 9.17) is 24.5 Å². The Morgan fingerprint density at radius 1 is 1.23 bits per heavy atom. The zero-order valence-electron chi connectivity index (χ0n) is 15.5. The summed E-state index contributed by atoms with van der Waals surface area (Å²) in [4.78, 5) is 34.8. The molecular formula is C18H26N2O6. The summed E-state index contributed by atoms with van der Waals surface area (Å²) < 4.78 is 6.07. The molecular weight excluding hydrogens is 340 g/mol. The van der Waals surface area contributed by atoms with Gasteiger partial charge in [-0.2, -0.15) is 0 Å². The highest BCUT2D eigenvalue weighted by Crippen LogP contribution is 2.26. The average molecular weight is 366 g/mol. The minimum atomic E-state index is -1.82. The highest BCUT2D eigenvalue weighted by Gasteiger charge is 2.29. The van der Waals surface area contributed by atoms with E-state index in [0.717, 1.165) is 13.0 Å². The predicted molar refractivity (Wildman–Crippen MR) is 95.5 cm³/mol. The molecule has 1 atom stereocenters. The first-order chi connectivity index (χ1) is 12.1. The van der Waals surface area contributed by atoms with Crippen molar-refractivity contribution in [2.45, 2.75) is 32.4 Å². The fourth-order valence-electron chi connectivity index (χ4n) is 2.42. The van der Waals surface area contributed by atoms with Gasteiger partial charge in [-0.05, 0) is 46.5 Å². The number of hydrogen-bond donors (Lipinski definition) is 2. The van der Waals surface area contributed by atoms with Crippen LogP contribution in [0.1, 0.15) is 30.6 Å². The van der Waals surface area contributed by atoms with Crippen LogP contribution in [0.15, 0.2) is 24.3 Å². The van der Waals surface area contributed by atoms with Crippen molar-refractivity contribution >= 4 is 17.8 Å². The van der Waals surface area contributed by atoms with E-state index < -0.39 is 11.9 Å². The number of hydrogen-bond acceptors (Lipinski definition) is 5. The standard InChI is InChI=1S/C16H24N2O2.C2H2O4/c1-12(2)18-11-13(9-10-17(3)4)20-15-8-6-5-7-14(15)16(18)19;3-1(4)2(5)6/h5-8,12-13H,9-11H2,1-4H3;(H,3,4)(H,5,6). The third-order valence-electron chi connectivity index (χ3n) is 3.78. The predicted octanol–water partition coefficient (Wildman–Crippen LogP) is 1.41. The smallest absolute Gasteiger partial charge is 0.414 e. The number of carbonyl (C=O) groups excluding carboxylic acids is 1. The molecule has 26 heavy (non-hydrogen) atoms. The fraction of sp³-hybridized carbons (Fsp3) is 0.500. The number of aliphatic carboxylic acids is 2. The van der Waals surface area contributed by atoms with Gasteiger partial charge in [0.25, 0.3) is 5.91 Å². The lowest BCUT2D eigenvalue weighted by atomic mass is 10.1. The maximum atomic E-state index is 12.6. The van der Waals surface area contributed by atoms with Gasteiger partial charge in [-0.15, -0.1) is 0 Å². The summed E-state index contributed by atoms with van der Waals surface area (Å²) in [6.07, 6.45) is 0.963. The quantitative estimate of drug-likeness (QED) is 0.776. The van der Waals surface area contributed by atoms with Crippen LogP contribution in [0.3, 0.4) is 0 Å². The molecule has 2 N–H and O–H groups in total. The molecule has 1 aromatic rings. The minimum absolute atomic E-state index is 0.0485. The Balaban J connectivity index is 0.000000487. The van der Waals surface area contributed by atoms with Gasteiger partial charge in [0, 0.05) is 12.6 Å². The zero-order chi connectivity index (χ0) is 19.9. The third kappa shape index (κ3) is 6.36. The molecule has 0 radical (unpaired) electrons. The topological polar surface area (TPSA) is 107 Å². The van der Waals surface area contributed by atoms with Gasteiger partial charge in [0.15, 0.2) is 0 Å². The first-order valence-corrected chi connectivity index (χ1v) is 8.31. The molecule has 0 bridgehead atoms. The van der Waals surface area contributed by atoms with E-state index in [1.807, 2.05) is 29.2 Å². The molecule has 0 fully saturated rings. The number of carboxylic acid groups (broad SMARTS) is 2. The number of rotatable bonds is 4. The number of nitrogens with zero attached hydrogens (tertiary/aromatic N) is 2. The summed E-state index contributed by atoms with van der Waals surface area (Å²) in [5.41, 5.74) is 0.675. The van der Waals surface area contributed by atoms with Gasteiger partial charge >= 0.3 is 11.9 Å². The molecule has 1 aliphatic heterocycles. The van der Waals surface area contributed by atoms with E-state index in [2.05, 4.69) is 32.8 Å². The van der Waals surface area contributed by atoms with Gasteiger partial charge in [-0.1, -0.05) is 12.1 Å². The monoisotopic (exact) mass is 366 g/mol. The van der Waals surface area contributed by atoms with Gasteiger partial charge in [0.05, 0.1) is 12.1 Å². The van der Waals surface area contributed by atoms with Crippen LogP contribution in [-0.4, -0.2) is 77.2 Å². The Bertz CT molecular complexity index is 632. The van der Waals surface area contributed by atoms with Crippen LogP contribution >= 0.6 is 0 Å². The summed E-state index contributed by atoms with van der Waals surface area (Å²) in [6.45, 7) is 5.70. The Labute approximate surface area is 153 Å². The Morgan fingerprint density at radius 3 is 2.31 bits per heavy atom. The lowest BCUT2D eigenvalue weighted by Crippen LogP contribution is -2.42. The molecule has 0 spiro atoms. The van der Waals surface area contributed by atoms with Crippen molar-refractivity contribution in [1.29, 1.82) is 0 Å². The maximum Gasteiger partial charge on any atom is 0.414 e. The number of carboxylic acids is 2. The number of ether oxygens (including phenoxy) is 1. The van der Waals surface area contributed by atoms with Crippen molar-refractivity contribution < 1.29 is 29.3 Å². The van der Waals surface area contributed by atoms with Crippen LogP contribution in [0.5, 0.6) is 5.75 Å². The van der Waals surface area contributed by atoms with Crippen molar-refractivity contribution in [2.24, 2.45) is 0 Å². The lowest BCUT2D eigenvalue weighted by Gasteiger charge is -2.28. The summed E-state index contributed by atoms with van der Waals surface area (Å²) in [6, 6.07) is 7.72. The van der Waals surface area contributed by atoms with Gasteiger partial charge in [-0.25, -0.2) is 9.59 Å². The molecule has 2 rings (SSSR count). The maximum absolute atomic E-state index is 12.6. The number of fused-ring (bicyclic) bond motifs is 1. The number of amides is 1. The lowest BCUT2D eigenvalue weighted by molar-refractivity contribution is -0.159. The largest absolute Gasteiger partial charge is 0.488 e. The fourth-order valence-corrected chi connectivity index (χ4v) is 2.42. The van der Waals surface area contributed by atoms with Crippen LogP contribution in [-0.2, 0) is 9.59 Å². The Hall–Kier alpha value is -2.61. The molecule has 144 valence electrons. The average Bonchev–Trinajstić information content (AvgIpc) is 2.70. The second-order valence-corrected chi connectivity index (χ2v) is 6.49. The SMILES string of the molecule is CC(C)N1CC(CCN(C)C)Oc2ccccc2C1=O.O=C(O)C(=O)O. The van der Waals surface area contributed by atoms with E-state index in [9.17, 15) is 4.79 Å². The highest BCUT2D eigenvalue weighted by atomic mass is 16.5. The minimum Gasteiger partial charge on any atom is -0.488 e. The molecule has 0 aromatic heterocycles. The molecule has 0 saturated carbocycles. The zero-order valence-corrected chi connectivity index (χ0v) is 15.5. The first-order valence-electron chi connectivity index (χ1n) is 8.31. The Morgan fingerprint density at radius 2 is 1.81 bits per heavy atom. The van der Waals surface area contributed by atoms with E-state index >= 15 is 0 Å². The van der Waals surface area contributed by atoms with Crippen molar-refractivity contribution in [3.8, 4) is 5.75 Å². The second kappa shape index (κ2) is 9.76. The molecule has 1 amide bonds. The molecule has 8 heteroatoms. The molecule has 8 nitrogen and oxygen atoms in total. The molecule has 1 aromatic carbocycles. The summed E-state index contributed by atoms with van der Waals surface area (Å²) >= 11 is 0. The molecule has 1 aliphatic rings. The number of benzene rings is 1. The van der Waals surface area contributed by atoms with Crippen LogP contribution in [0, 0.1) is 0 Å². The van der Waals surface area contributed by atoms with Crippen molar-refractivity contribution in [3.63, 3.8) is 0 Å². The van der Waals surface area contributed by atoms with Crippen LogP contribution < -0.4 is 4.74 Å².